The number of rotatable bonds is 9. The molecular weight excluding hydrogens is 232 g/mol. The molecule has 4 heteroatoms. The van der Waals surface area contributed by atoms with Crippen molar-refractivity contribution in [3.05, 3.63) is 0 Å². The van der Waals surface area contributed by atoms with E-state index in [2.05, 4.69) is 35.9 Å². The molecule has 1 aliphatic rings. The van der Waals surface area contributed by atoms with E-state index in [0.717, 1.165) is 38.8 Å². The molecular formula is C13H28N2OS. The summed E-state index contributed by atoms with van der Waals surface area (Å²) in [5.74, 6) is 2.65. The first-order valence-electron chi connectivity index (χ1n) is 6.83. The quantitative estimate of drug-likeness (QED) is 0.639. The van der Waals surface area contributed by atoms with Crippen LogP contribution < -0.4 is 5.32 Å². The van der Waals surface area contributed by atoms with Gasteiger partial charge < -0.3 is 10.1 Å². The predicted molar refractivity (Wildman–Crippen MR) is 76.9 cm³/mol. The molecule has 102 valence electrons. The molecule has 0 saturated carbocycles. The summed E-state index contributed by atoms with van der Waals surface area (Å²) in [6.07, 6.45) is 2.47. The first kappa shape index (κ1) is 15.3. The van der Waals surface area contributed by atoms with Crippen LogP contribution in [0.5, 0.6) is 0 Å². The molecule has 3 nitrogen and oxygen atoms in total. The Labute approximate surface area is 111 Å². The highest BCUT2D eigenvalue weighted by Gasteiger charge is 2.23. The van der Waals surface area contributed by atoms with Gasteiger partial charge in [-0.3, -0.25) is 4.90 Å². The molecule has 0 aromatic rings. The fourth-order valence-corrected chi connectivity index (χ4v) is 3.38. The van der Waals surface area contributed by atoms with Gasteiger partial charge in [-0.2, -0.15) is 11.8 Å². The fourth-order valence-electron chi connectivity index (χ4n) is 2.10. The Morgan fingerprint density at radius 1 is 1.53 bits per heavy atom. The molecule has 2 atom stereocenters. The highest BCUT2D eigenvalue weighted by Crippen LogP contribution is 2.22. The van der Waals surface area contributed by atoms with Crippen molar-refractivity contribution in [3.8, 4) is 0 Å². The fraction of sp³-hybridized carbons (Fsp3) is 1.00. The van der Waals surface area contributed by atoms with Gasteiger partial charge >= 0.3 is 0 Å². The first-order valence-corrected chi connectivity index (χ1v) is 7.99. The van der Waals surface area contributed by atoms with Crippen molar-refractivity contribution in [1.29, 1.82) is 0 Å². The maximum absolute atomic E-state index is 5.32. The molecule has 1 aliphatic heterocycles. The Morgan fingerprint density at radius 3 is 3.00 bits per heavy atom. The second-order valence-corrected chi connectivity index (χ2v) is 5.94. The summed E-state index contributed by atoms with van der Waals surface area (Å²) < 4.78 is 5.32. The minimum absolute atomic E-state index is 0.630. The van der Waals surface area contributed by atoms with Crippen molar-refractivity contribution in [2.24, 2.45) is 0 Å². The molecule has 0 bridgehead atoms. The second kappa shape index (κ2) is 9.20. The number of hydrogen-bond acceptors (Lipinski definition) is 4. The van der Waals surface area contributed by atoms with Crippen LogP contribution in [-0.4, -0.2) is 61.8 Å². The van der Waals surface area contributed by atoms with Crippen molar-refractivity contribution >= 4 is 11.8 Å². The molecule has 17 heavy (non-hydrogen) atoms. The van der Waals surface area contributed by atoms with Crippen molar-refractivity contribution < 1.29 is 4.74 Å². The lowest BCUT2D eigenvalue weighted by Gasteiger charge is -2.30. The van der Waals surface area contributed by atoms with Crippen LogP contribution in [0.25, 0.3) is 0 Å². The van der Waals surface area contributed by atoms with Gasteiger partial charge in [0.2, 0.25) is 0 Å². The third kappa shape index (κ3) is 6.09. The zero-order valence-corrected chi connectivity index (χ0v) is 12.4. The van der Waals surface area contributed by atoms with Gasteiger partial charge in [0.25, 0.3) is 0 Å². The molecule has 1 saturated heterocycles. The molecule has 0 aromatic heterocycles. The molecule has 0 amide bonds. The zero-order chi connectivity index (χ0) is 12.5. The first-order chi connectivity index (χ1) is 8.25. The Kier molecular flexibility index (Phi) is 8.27. The summed E-state index contributed by atoms with van der Waals surface area (Å²) in [5.41, 5.74) is 0. The minimum Gasteiger partial charge on any atom is -0.382 e. The molecule has 2 unspecified atom stereocenters. The van der Waals surface area contributed by atoms with Crippen molar-refractivity contribution in [3.63, 3.8) is 0 Å². The average Bonchev–Trinajstić information content (AvgIpc) is 2.86. The highest BCUT2D eigenvalue weighted by molar-refractivity contribution is 7.99. The Bertz CT molecular complexity index is 186. The number of likely N-dealkylation sites (N-methyl/N-ethyl adjacent to an activating group) is 1. The van der Waals surface area contributed by atoms with E-state index in [4.69, 9.17) is 4.74 Å². The largest absolute Gasteiger partial charge is 0.382 e. The van der Waals surface area contributed by atoms with Crippen LogP contribution in [0.4, 0.5) is 0 Å². The molecule has 1 N–H and O–H groups in total. The van der Waals surface area contributed by atoms with Crippen LogP contribution in [0.2, 0.25) is 0 Å². The molecule has 0 spiro atoms. The molecule has 0 aliphatic carbocycles. The Hall–Kier alpha value is 0.230. The van der Waals surface area contributed by atoms with E-state index in [1.54, 1.807) is 0 Å². The van der Waals surface area contributed by atoms with Crippen molar-refractivity contribution in [1.82, 2.24) is 10.2 Å². The lowest BCUT2D eigenvalue weighted by molar-refractivity contribution is 0.143. The van der Waals surface area contributed by atoms with E-state index in [-0.39, 0.29) is 0 Å². The summed E-state index contributed by atoms with van der Waals surface area (Å²) in [6.45, 7) is 8.23. The van der Waals surface area contributed by atoms with E-state index in [1.165, 1.54) is 17.9 Å². The van der Waals surface area contributed by atoms with Gasteiger partial charge in [-0.1, -0.05) is 0 Å². The molecule has 1 fully saturated rings. The van der Waals surface area contributed by atoms with E-state index in [9.17, 15) is 0 Å². The van der Waals surface area contributed by atoms with Crippen LogP contribution in [0.1, 0.15) is 26.7 Å². The third-order valence-corrected chi connectivity index (χ3v) is 4.61. The SMILES string of the molecule is CCOCCCNCC(C)N(C)C1CCSC1. The predicted octanol–water partition coefficient (Wildman–Crippen LogP) is 1.83. The second-order valence-electron chi connectivity index (χ2n) is 4.79. The summed E-state index contributed by atoms with van der Waals surface area (Å²) in [4.78, 5) is 2.54. The zero-order valence-electron chi connectivity index (χ0n) is 11.6. The van der Waals surface area contributed by atoms with E-state index >= 15 is 0 Å². The third-order valence-electron chi connectivity index (χ3n) is 3.46. The Balaban J connectivity index is 2.01. The number of nitrogens with zero attached hydrogens (tertiary/aromatic N) is 1. The highest BCUT2D eigenvalue weighted by atomic mass is 32.2. The molecule has 0 aromatic carbocycles. The smallest absolute Gasteiger partial charge is 0.0477 e. The average molecular weight is 260 g/mol. The normalized spacial score (nSPS) is 22.2. The van der Waals surface area contributed by atoms with Crippen LogP contribution >= 0.6 is 11.8 Å². The van der Waals surface area contributed by atoms with E-state index < -0.39 is 0 Å². The summed E-state index contributed by atoms with van der Waals surface area (Å²) in [5, 5.41) is 3.52. The Morgan fingerprint density at radius 2 is 2.35 bits per heavy atom. The molecule has 0 radical (unpaired) electrons. The topological polar surface area (TPSA) is 24.5 Å². The lowest BCUT2D eigenvalue weighted by atomic mass is 10.2. The number of nitrogens with one attached hydrogen (secondary N) is 1. The van der Waals surface area contributed by atoms with Gasteiger partial charge in [-0.25, -0.2) is 0 Å². The van der Waals surface area contributed by atoms with Crippen LogP contribution in [0.15, 0.2) is 0 Å². The van der Waals surface area contributed by atoms with Gasteiger partial charge in [-0.05, 0) is 46.0 Å². The van der Waals surface area contributed by atoms with Crippen molar-refractivity contribution in [2.45, 2.75) is 38.8 Å². The van der Waals surface area contributed by atoms with Crippen LogP contribution in [0, 0.1) is 0 Å². The van der Waals surface area contributed by atoms with Crippen LogP contribution in [-0.2, 0) is 4.74 Å². The lowest BCUT2D eigenvalue weighted by Crippen LogP contribution is -2.44. The molecule has 1 heterocycles. The maximum Gasteiger partial charge on any atom is 0.0477 e. The summed E-state index contributed by atoms with van der Waals surface area (Å²) in [7, 11) is 2.27. The van der Waals surface area contributed by atoms with Gasteiger partial charge in [0, 0.05) is 37.6 Å². The summed E-state index contributed by atoms with van der Waals surface area (Å²) in [6, 6.07) is 1.42. The summed E-state index contributed by atoms with van der Waals surface area (Å²) >= 11 is 2.09. The standard InChI is InChI=1S/C13H28N2OS/c1-4-16-8-5-7-14-10-12(2)15(3)13-6-9-17-11-13/h12-14H,4-11H2,1-3H3. The van der Waals surface area contributed by atoms with Crippen molar-refractivity contribution in [2.75, 3.05) is 44.9 Å². The minimum atomic E-state index is 0.630. The van der Waals surface area contributed by atoms with Gasteiger partial charge in [0.1, 0.15) is 0 Å². The van der Waals surface area contributed by atoms with Gasteiger partial charge in [0.15, 0.2) is 0 Å². The maximum atomic E-state index is 5.32. The van der Waals surface area contributed by atoms with E-state index in [1.807, 2.05) is 6.92 Å². The molecule has 1 rings (SSSR count). The van der Waals surface area contributed by atoms with E-state index in [0.29, 0.717) is 6.04 Å². The number of hydrogen-bond donors (Lipinski definition) is 1. The monoisotopic (exact) mass is 260 g/mol. The number of thioether (sulfide) groups is 1. The number of ether oxygens (including phenoxy) is 1. The van der Waals surface area contributed by atoms with Crippen LogP contribution in [0.3, 0.4) is 0 Å². The van der Waals surface area contributed by atoms with Gasteiger partial charge in [0.05, 0.1) is 0 Å². The van der Waals surface area contributed by atoms with Gasteiger partial charge in [-0.15, -0.1) is 0 Å².